The summed E-state index contributed by atoms with van der Waals surface area (Å²) < 4.78 is 5.70. The van der Waals surface area contributed by atoms with Crippen molar-refractivity contribution in [3.63, 3.8) is 0 Å². The van der Waals surface area contributed by atoms with Crippen LogP contribution in [0, 0.1) is 5.92 Å². The smallest absolute Gasteiger partial charge is 0.107 e. The van der Waals surface area contributed by atoms with Crippen molar-refractivity contribution in [1.82, 2.24) is 15.2 Å². The van der Waals surface area contributed by atoms with Gasteiger partial charge >= 0.3 is 0 Å². The standard InChI is InChI=1S/C16H29N3OS/c1-4-20-15-5-7-19(8-6-15)11-14-12-21-16(18-14)10-17-9-13(2)3/h12-13,15,17H,4-11H2,1-3H3. The molecule has 1 aliphatic heterocycles. The van der Waals surface area contributed by atoms with Gasteiger partial charge in [-0.15, -0.1) is 11.3 Å². The largest absolute Gasteiger partial charge is 0.378 e. The van der Waals surface area contributed by atoms with Gasteiger partial charge < -0.3 is 10.1 Å². The van der Waals surface area contributed by atoms with Crippen LogP contribution in [0.2, 0.25) is 0 Å². The fourth-order valence-electron chi connectivity index (χ4n) is 2.67. The van der Waals surface area contributed by atoms with Gasteiger partial charge in [-0.1, -0.05) is 13.8 Å². The molecule has 0 amide bonds. The van der Waals surface area contributed by atoms with Crippen molar-refractivity contribution in [2.75, 3.05) is 26.2 Å². The van der Waals surface area contributed by atoms with Crippen molar-refractivity contribution < 1.29 is 4.74 Å². The third-order valence-electron chi connectivity index (χ3n) is 3.75. The van der Waals surface area contributed by atoms with Crippen molar-refractivity contribution in [3.05, 3.63) is 16.1 Å². The van der Waals surface area contributed by atoms with Gasteiger partial charge in [0, 0.05) is 38.2 Å². The first-order chi connectivity index (χ1) is 10.2. The van der Waals surface area contributed by atoms with Crippen molar-refractivity contribution >= 4 is 11.3 Å². The third kappa shape index (κ3) is 6.02. The minimum Gasteiger partial charge on any atom is -0.378 e. The van der Waals surface area contributed by atoms with E-state index in [1.807, 2.05) is 0 Å². The lowest BCUT2D eigenvalue weighted by Crippen LogP contribution is -2.36. The van der Waals surface area contributed by atoms with E-state index in [4.69, 9.17) is 9.72 Å². The second kappa shape index (κ2) is 8.83. The average Bonchev–Trinajstić information content (AvgIpc) is 2.88. The minimum absolute atomic E-state index is 0.470. The van der Waals surface area contributed by atoms with Crippen molar-refractivity contribution in [1.29, 1.82) is 0 Å². The van der Waals surface area contributed by atoms with Gasteiger partial charge in [0.05, 0.1) is 11.8 Å². The number of piperidine rings is 1. The summed E-state index contributed by atoms with van der Waals surface area (Å²) in [5, 5.41) is 6.87. The molecular formula is C16H29N3OS. The monoisotopic (exact) mass is 311 g/mol. The summed E-state index contributed by atoms with van der Waals surface area (Å²) >= 11 is 1.77. The molecule has 120 valence electrons. The molecule has 5 heteroatoms. The molecule has 21 heavy (non-hydrogen) atoms. The lowest BCUT2D eigenvalue weighted by molar-refractivity contribution is 0.0123. The highest BCUT2D eigenvalue weighted by Crippen LogP contribution is 2.17. The van der Waals surface area contributed by atoms with Crippen LogP contribution in [0.3, 0.4) is 0 Å². The Kier molecular flexibility index (Phi) is 7.10. The Hall–Kier alpha value is -0.490. The molecule has 0 spiro atoms. The molecule has 1 N–H and O–H groups in total. The van der Waals surface area contributed by atoms with Crippen LogP contribution in [0.25, 0.3) is 0 Å². The molecule has 0 radical (unpaired) electrons. The molecule has 1 aliphatic rings. The number of nitrogens with zero attached hydrogens (tertiary/aromatic N) is 2. The molecule has 1 saturated heterocycles. The van der Waals surface area contributed by atoms with Crippen LogP contribution in [0.15, 0.2) is 5.38 Å². The van der Waals surface area contributed by atoms with Gasteiger partial charge in [-0.2, -0.15) is 0 Å². The Labute approximate surface area is 132 Å². The van der Waals surface area contributed by atoms with Crippen LogP contribution in [0.5, 0.6) is 0 Å². The van der Waals surface area contributed by atoms with E-state index in [0.717, 1.165) is 52.2 Å². The zero-order valence-corrected chi connectivity index (χ0v) is 14.4. The molecule has 0 aromatic carbocycles. The fourth-order valence-corrected chi connectivity index (χ4v) is 3.42. The summed E-state index contributed by atoms with van der Waals surface area (Å²) in [7, 11) is 0. The number of likely N-dealkylation sites (tertiary alicyclic amines) is 1. The number of rotatable bonds is 8. The van der Waals surface area contributed by atoms with Gasteiger partial charge in [-0.25, -0.2) is 4.98 Å². The van der Waals surface area contributed by atoms with E-state index >= 15 is 0 Å². The van der Waals surface area contributed by atoms with Gasteiger partial charge in [0.2, 0.25) is 0 Å². The predicted molar refractivity (Wildman–Crippen MR) is 88.6 cm³/mol. The minimum atomic E-state index is 0.470. The maximum absolute atomic E-state index is 5.70. The fraction of sp³-hybridized carbons (Fsp3) is 0.812. The zero-order valence-electron chi connectivity index (χ0n) is 13.6. The summed E-state index contributed by atoms with van der Waals surface area (Å²) in [5.74, 6) is 0.691. The Morgan fingerprint density at radius 2 is 2.19 bits per heavy atom. The molecule has 4 nitrogen and oxygen atoms in total. The Morgan fingerprint density at radius 1 is 1.43 bits per heavy atom. The zero-order chi connectivity index (χ0) is 15.1. The van der Waals surface area contributed by atoms with Crippen LogP contribution in [-0.2, 0) is 17.8 Å². The van der Waals surface area contributed by atoms with Crippen LogP contribution in [0.4, 0.5) is 0 Å². The van der Waals surface area contributed by atoms with E-state index in [0.29, 0.717) is 12.0 Å². The summed E-state index contributed by atoms with van der Waals surface area (Å²) in [5.41, 5.74) is 1.22. The second-order valence-electron chi connectivity index (χ2n) is 6.19. The molecule has 0 bridgehead atoms. The Morgan fingerprint density at radius 3 is 2.86 bits per heavy atom. The SMILES string of the molecule is CCOC1CCN(Cc2csc(CNCC(C)C)n2)CC1. The van der Waals surface area contributed by atoms with Crippen LogP contribution in [-0.4, -0.2) is 42.2 Å². The van der Waals surface area contributed by atoms with Gasteiger partial charge in [0.25, 0.3) is 0 Å². The van der Waals surface area contributed by atoms with Gasteiger partial charge in [0.15, 0.2) is 0 Å². The van der Waals surface area contributed by atoms with E-state index in [1.165, 1.54) is 10.7 Å². The quantitative estimate of drug-likeness (QED) is 0.801. The van der Waals surface area contributed by atoms with Gasteiger partial charge in [-0.05, 0) is 32.2 Å². The maximum atomic E-state index is 5.70. The first-order valence-electron chi connectivity index (χ1n) is 8.15. The highest BCUT2D eigenvalue weighted by atomic mass is 32.1. The van der Waals surface area contributed by atoms with Crippen molar-refractivity contribution in [3.8, 4) is 0 Å². The molecule has 0 aliphatic carbocycles. The normalized spacial score (nSPS) is 17.7. The molecule has 1 aromatic heterocycles. The van der Waals surface area contributed by atoms with Crippen molar-refractivity contribution in [2.24, 2.45) is 5.92 Å². The van der Waals surface area contributed by atoms with E-state index in [9.17, 15) is 0 Å². The molecule has 1 fully saturated rings. The third-order valence-corrected chi connectivity index (χ3v) is 4.65. The molecule has 0 saturated carbocycles. The number of aromatic nitrogens is 1. The Bertz CT molecular complexity index is 400. The average molecular weight is 311 g/mol. The molecule has 0 atom stereocenters. The second-order valence-corrected chi connectivity index (χ2v) is 7.13. The Balaban J connectivity index is 1.70. The van der Waals surface area contributed by atoms with Crippen LogP contribution < -0.4 is 5.32 Å². The van der Waals surface area contributed by atoms with Crippen LogP contribution >= 0.6 is 11.3 Å². The highest BCUT2D eigenvalue weighted by Gasteiger charge is 2.19. The van der Waals surface area contributed by atoms with Crippen LogP contribution in [0.1, 0.15) is 44.3 Å². The van der Waals surface area contributed by atoms with E-state index in [2.05, 4.69) is 36.4 Å². The lowest BCUT2D eigenvalue weighted by atomic mass is 10.1. The number of hydrogen-bond donors (Lipinski definition) is 1. The first kappa shape index (κ1) is 16.9. The van der Waals surface area contributed by atoms with Gasteiger partial charge in [-0.3, -0.25) is 4.90 Å². The van der Waals surface area contributed by atoms with Gasteiger partial charge in [0.1, 0.15) is 5.01 Å². The van der Waals surface area contributed by atoms with E-state index in [1.54, 1.807) is 11.3 Å². The molecular weight excluding hydrogens is 282 g/mol. The molecule has 1 aromatic rings. The predicted octanol–water partition coefficient (Wildman–Crippen LogP) is 2.89. The molecule has 2 heterocycles. The van der Waals surface area contributed by atoms with E-state index < -0.39 is 0 Å². The maximum Gasteiger partial charge on any atom is 0.107 e. The summed E-state index contributed by atoms with van der Waals surface area (Å²) in [6, 6.07) is 0. The topological polar surface area (TPSA) is 37.4 Å². The molecule has 2 rings (SSSR count). The van der Waals surface area contributed by atoms with Crippen molar-refractivity contribution in [2.45, 2.75) is 52.8 Å². The highest BCUT2D eigenvalue weighted by molar-refractivity contribution is 7.09. The number of thiazole rings is 1. The summed E-state index contributed by atoms with van der Waals surface area (Å²) in [4.78, 5) is 7.24. The summed E-state index contributed by atoms with van der Waals surface area (Å²) in [6.45, 7) is 12.6. The first-order valence-corrected chi connectivity index (χ1v) is 9.03. The number of hydrogen-bond acceptors (Lipinski definition) is 5. The number of ether oxygens (including phenoxy) is 1. The number of nitrogens with one attached hydrogen (secondary N) is 1. The van der Waals surface area contributed by atoms with E-state index in [-0.39, 0.29) is 0 Å². The summed E-state index contributed by atoms with van der Waals surface area (Å²) in [6.07, 6.45) is 2.78. The lowest BCUT2D eigenvalue weighted by Gasteiger charge is -2.31. The molecule has 0 unspecified atom stereocenters.